The van der Waals surface area contributed by atoms with E-state index in [0.717, 1.165) is 110 Å². The van der Waals surface area contributed by atoms with Gasteiger partial charge in [-0.25, -0.2) is 60.8 Å². The Kier molecular flexibility index (Phi) is 18.7. The van der Waals surface area contributed by atoms with Crippen molar-refractivity contribution in [3.8, 4) is 77.9 Å². The number of aromatic amines is 2. The first-order chi connectivity index (χ1) is 56.0. The Morgan fingerprint density at radius 3 is 0.941 bits per heavy atom. The highest BCUT2D eigenvalue weighted by Crippen LogP contribution is 2.46. The van der Waals surface area contributed by atoms with Crippen LogP contribution in [-0.4, -0.2) is 57.1 Å². The molecular formula is C96H67Cl3N10O6S3. The summed E-state index contributed by atoms with van der Waals surface area (Å²) in [5.74, 6) is 0. The van der Waals surface area contributed by atoms with E-state index >= 15 is 0 Å². The molecule has 2 aliphatic rings. The van der Waals surface area contributed by atoms with Crippen molar-refractivity contribution in [2.75, 3.05) is 0 Å². The number of nitrogens with one attached hydrogen (secondary N) is 2. The largest absolute Gasteiger partial charge is 1.00 e. The zero-order valence-corrected chi connectivity index (χ0v) is 67.9. The van der Waals surface area contributed by atoms with E-state index < -0.39 is 30.1 Å². The Hall–Kier alpha value is -13.4. The fourth-order valence-corrected chi connectivity index (χ4v) is 21.4. The molecule has 11 heterocycles. The summed E-state index contributed by atoms with van der Waals surface area (Å²) in [7, 11) is -6.29. The first-order valence-electron chi connectivity index (χ1n) is 37.6. The molecule has 576 valence electrons. The molecule has 21 rings (SSSR count). The number of rotatable bonds is 13. The van der Waals surface area contributed by atoms with E-state index in [1.807, 2.05) is 138 Å². The van der Waals surface area contributed by atoms with Gasteiger partial charge >= 0.3 is 0 Å². The van der Waals surface area contributed by atoms with E-state index in [4.69, 9.17) is 9.97 Å². The number of hydrogen-bond acceptors (Lipinski definition) is 8. The minimum absolute atomic E-state index is 0. The number of pyridine rings is 3. The van der Waals surface area contributed by atoms with Gasteiger partial charge < -0.3 is 47.2 Å². The average Bonchev–Trinajstić information content (AvgIpc) is 0.917. The SMILES string of the molecule is C[n+]1cc(-c2c3nc(c(-c4cc(-c5cn(S(=O)(=O)c6ccccc6)c6ccccc56)c[n+](C)c4)c4ccc([nH]4)c(-c4ccc5ccc6cccc7ccc4c5c67)c4nc(c(-c5cc(-c6cn(S(=O)(=O)c7ccccc7)c7ccccc67)c[n+](C)c5)c5ccc2[nH]5)C=C4)C=C3)cc(-c2cn(S(=O)(=O)c3ccccc3)c3ccccc23)c1.[Cl-].[Cl-].[Cl-]. The Morgan fingerprint density at radius 2 is 0.576 bits per heavy atom. The van der Waals surface area contributed by atoms with Crippen LogP contribution < -0.4 is 50.9 Å². The van der Waals surface area contributed by atoms with Crippen LogP contribution in [0.25, 0.3) is 189 Å². The first kappa shape index (κ1) is 76.0. The Morgan fingerprint density at radius 1 is 0.280 bits per heavy atom. The summed E-state index contributed by atoms with van der Waals surface area (Å²) in [5, 5.41) is 8.95. The van der Waals surface area contributed by atoms with Crippen LogP contribution in [0.15, 0.2) is 331 Å². The van der Waals surface area contributed by atoms with Crippen molar-refractivity contribution < 1.29 is 76.2 Å². The van der Waals surface area contributed by atoms with Gasteiger partial charge in [-0.2, -0.15) is 0 Å². The lowest BCUT2D eigenvalue weighted by molar-refractivity contribution is -0.670. The summed E-state index contributed by atoms with van der Waals surface area (Å²) in [6.45, 7) is 0. The molecule has 0 aliphatic carbocycles. The molecule has 0 saturated heterocycles. The van der Waals surface area contributed by atoms with Crippen LogP contribution in [0.3, 0.4) is 0 Å². The summed E-state index contributed by atoms with van der Waals surface area (Å²) < 4.78 is 98.8. The third-order valence-electron chi connectivity index (χ3n) is 22.3. The van der Waals surface area contributed by atoms with Crippen LogP contribution in [0, 0.1) is 0 Å². The van der Waals surface area contributed by atoms with Gasteiger partial charge in [-0.05, 0) is 159 Å². The van der Waals surface area contributed by atoms with Gasteiger partial charge in [0.05, 0.1) is 70.7 Å². The van der Waals surface area contributed by atoms with Gasteiger partial charge in [0.15, 0.2) is 37.2 Å². The molecule has 0 spiro atoms. The molecule has 0 amide bonds. The summed E-state index contributed by atoms with van der Waals surface area (Å²) in [6, 6.07) is 82.5. The number of aryl methyl sites for hydroxylation is 3. The van der Waals surface area contributed by atoms with Crippen molar-refractivity contribution in [3.63, 3.8) is 0 Å². The number of hydrogen-bond donors (Lipinski definition) is 2. The highest BCUT2D eigenvalue weighted by atomic mass is 35.5. The maximum Gasteiger partial charge on any atom is 0.268 e. The average molecular weight is 1660 g/mol. The Balaban J connectivity index is 0.00000320. The topological polar surface area (TPSA) is 186 Å². The van der Waals surface area contributed by atoms with E-state index in [0.29, 0.717) is 72.6 Å². The summed E-state index contributed by atoms with van der Waals surface area (Å²) in [4.78, 5) is 20.2. The lowest BCUT2D eigenvalue weighted by atomic mass is 9.89. The Bertz CT molecular complexity index is 7810. The van der Waals surface area contributed by atoms with Gasteiger partial charge in [0.25, 0.3) is 30.1 Å². The van der Waals surface area contributed by atoms with Gasteiger partial charge in [0, 0.05) is 112 Å². The molecule has 22 heteroatoms. The van der Waals surface area contributed by atoms with Crippen molar-refractivity contribution >= 4 is 141 Å². The fraction of sp³-hybridized carbons (Fsp3) is 0.0312. The maximum atomic E-state index is 14.8. The first-order valence-corrected chi connectivity index (χ1v) is 41.9. The van der Waals surface area contributed by atoms with E-state index in [9.17, 15) is 25.3 Å². The predicted octanol–water partition coefficient (Wildman–Crippen LogP) is 10.3. The molecule has 0 fully saturated rings. The molecule has 10 aromatic carbocycles. The van der Waals surface area contributed by atoms with Gasteiger partial charge in [0.2, 0.25) is 0 Å². The number of para-hydroxylation sites is 3. The minimum Gasteiger partial charge on any atom is -1.00 e. The zero-order valence-electron chi connectivity index (χ0n) is 63.2. The molecular weight excluding hydrogens is 1590 g/mol. The number of halogens is 3. The second-order valence-electron chi connectivity index (χ2n) is 29.4. The number of H-pyrrole nitrogens is 2. The number of benzene rings is 10. The molecule has 8 bridgehead atoms. The van der Waals surface area contributed by atoms with Gasteiger partial charge in [-0.3, -0.25) is 0 Å². The summed E-state index contributed by atoms with van der Waals surface area (Å²) in [6.07, 6.45) is 25.6. The van der Waals surface area contributed by atoms with Crippen molar-refractivity contribution in [3.05, 3.63) is 339 Å². The van der Waals surface area contributed by atoms with Crippen molar-refractivity contribution in [2.24, 2.45) is 21.1 Å². The van der Waals surface area contributed by atoms with Gasteiger partial charge in [-0.15, -0.1) is 0 Å². The van der Waals surface area contributed by atoms with Crippen LogP contribution in [-0.2, 0) is 51.2 Å². The van der Waals surface area contributed by atoms with Gasteiger partial charge in [-0.1, -0.05) is 164 Å². The van der Waals surface area contributed by atoms with E-state index in [2.05, 4.69) is 138 Å². The van der Waals surface area contributed by atoms with E-state index in [-0.39, 0.29) is 51.9 Å². The van der Waals surface area contributed by atoms with Crippen molar-refractivity contribution in [1.29, 1.82) is 0 Å². The number of fused-ring (bicyclic) bond motifs is 11. The van der Waals surface area contributed by atoms with Crippen LogP contribution in [0.5, 0.6) is 0 Å². The van der Waals surface area contributed by atoms with Crippen molar-refractivity contribution in [1.82, 2.24) is 31.9 Å². The molecule has 16 nitrogen and oxygen atoms in total. The second kappa shape index (κ2) is 29.1. The molecule has 0 radical (unpaired) electrons. The number of nitrogens with zero attached hydrogens (tertiary/aromatic N) is 8. The lowest BCUT2D eigenvalue weighted by Crippen LogP contribution is -3.00. The molecule has 19 aromatic rings. The molecule has 118 heavy (non-hydrogen) atoms. The van der Waals surface area contributed by atoms with E-state index in [1.165, 1.54) is 17.3 Å². The molecule has 9 aromatic heterocycles. The highest BCUT2D eigenvalue weighted by Gasteiger charge is 2.30. The van der Waals surface area contributed by atoms with Crippen LogP contribution in [0.1, 0.15) is 22.8 Å². The van der Waals surface area contributed by atoms with Gasteiger partial charge in [0.1, 0.15) is 21.1 Å². The normalized spacial score (nSPS) is 12.3. The second-order valence-corrected chi connectivity index (χ2v) is 34.9. The minimum atomic E-state index is -4.08. The van der Waals surface area contributed by atoms with Crippen LogP contribution in [0.4, 0.5) is 0 Å². The fourth-order valence-electron chi connectivity index (χ4n) is 17.2. The molecule has 0 saturated carbocycles. The van der Waals surface area contributed by atoms with Crippen molar-refractivity contribution in [2.45, 2.75) is 14.7 Å². The van der Waals surface area contributed by atoms with E-state index in [1.54, 1.807) is 110 Å². The summed E-state index contributed by atoms with van der Waals surface area (Å²) >= 11 is 0. The third kappa shape index (κ3) is 12.4. The monoisotopic (exact) mass is 1660 g/mol. The zero-order chi connectivity index (χ0) is 77.8. The van der Waals surface area contributed by atoms with Crippen LogP contribution >= 0.6 is 0 Å². The third-order valence-corrected chi connectivity index (χ3v) is 27.3. The molecule has 0 unspecified atom stereocenters. The maximum absolute atomic E-state index is 14.8. The lowest BCUT2D eigenvalue weighted by Gasteiger charge is -2.15. The molecule has 2 aliphatic heterocycles. The quantitative estimate of drug-likeness (QED) is 0.0843. The smallest absolute Gasteiger partial charge is 0.268 e. The molecule has 0 atom stereocenters. The number of aromatic nitrogens is 10. The summed E-state index contributed by atoms with van der Waals surface area (Å²) in [5.41, 5.74) is 17.7. The van der Waals surface area contributed by atoms with Crippen LogP contribution in [0.2, 0.25) is 0 Å². The standard InChI is InChI=1S/C96H67N10O6S3.3ClH/c1-101-51-63(77-57-104(88-31-16-13-28-72(77)88)113(107,108)69-22-7-4-8-23-69)48-66(54-101)93-80-40-42-82(97-80)94(67-49-64(52-102(2)55-67)78-58-105(89-32-17-14-29-73(78)89)114(109,110)70-24-9-5-10-25-70)84-44-46-86(99-84)96(76-39-37-62-35-34-60-20-19-21-61-36-38-75(76)92(62)91(60)61)87-47-45-85(100-87)95(83-43-41-81(93)98-83)68-50-65(53-103(3)56-68)79-59-106(90-33-18-15-30-74(79)90)115(111,112)71-26-11-6-12-27-71;;;/h4-59,97,100H,1-3H3;3*1H/q+3;;;/p-3. The Labute approximate surface area is 697 Å². The molecule has 2 N–H and O–H groups in total. The predicted molar refractivity (Wildman–Crippen MR) is 458 cm³/mol. The highest BCUT2D eigenvalue weighted by molar-refractivity contribution is 7.90.